The van der Waals surface area contributed by atoms with Gasteiger partial charge in [0.25, 0.3) is 0 Å². The van der Waals surface area contributed by atoms with Crippen LogP contribution in [0.1, 0.15) is 36.5 Å². The van der Waals surface area contributed by atoms with E-state index in [1.807, 2.05) is 72.8 Å². The summed E-state index contributed by atoms with van der Waals surface area (Å²) in [6.07, 6.45) is 1.07. The minimum absolute atomic E-state index is 0.0614. The second kappa shape index (κ2) is 20.1. The lowest BCUT2D eigenvalue weighted by Gasteiger charge is -2.31. The number of likely N-dealkylation sites (N-methyl/N-ethyl adjacent to an activating group) is 1. The van der Waals surface area contributed by atoms with E-state index in [1.54, 1.807) is 18.8 Å². The molecular weight excluding hydrogens is 717 g/mol. The zero-order valence-electron chi connectivity index (χ0n) is 31.5. The van der Waals surface area contributed by atoms with E-state index in [2.05, 4.69) is 26.3 Å². The fraction of sp³-hybridized carbons (Fsp3) is 0.341. The average Bonchev–Trinajstić information content (AvgIpc) is 3.15. The van der Waals surface area contributed by atoms with Crippen LogP contribution in [0.3, 0.4) is 0 Å². The largest absolute Gasteiger partial charge is 0.508 e. The molecule has 9 N–H and O–H groups in total. The number of benzene rings is 4. The fourth-order valence-corrected chi connectivity index (χ4v) is 8.97. The van der Waals surface area contributed by atoms with Crippen molar-refractivity contribution in [2.75, 3.05) is 26.4 Å². The predicted octanol–water partition coefficient (Wildman–Crippen LogP) is 3.41. The van der Waals surface area contributed by atoms with Crippen molar-refractivity contribution in [3.63, 3.8) is 0 Å². The van der Waals surface area contributed by atoms with Crippen LogP contribution in [0.25, 0.3) is 10.8 Å². The summed E-state index contributed by atoms with van der Waals surface area (Å²) < 4.78 is 15.0. The highest BCUT2D eigenvalue weighted by Crippen LogP contribution is 2.49. The predicted molar refractivity (Wildman–Crippen MR) is 217 cm³/mol. The third-order valence-electron chi connectivity index (χ3n) is 9.40. The molecule has 0 heterocycles. The van der Waals surface area contributed by atoms with Crippen molar-refractivity contribution in [3.05, 3.63) is 114 Å². The molecule has 0 aliphatic carbocycles. The van der Waals surface area contributed by atoms with Gasteiger partial charge in [0.15, 0.2) is 5.96 Å². The van der Waals surface area contributed by atoms with Gasteiger partial charge in [-0.25, -0.2) is 0 Å². The average molecular weight is 770 g/mol. The Kier molecular flexibility index (Phi) is 15.4. The fourth-order valence-electron chi connectivity index (χ4n) is 6.50. The number of guanidine groups is 1. The molecule has 4 aromatic carbocycles. The number of nitrogens with two attached hydrogens (primary N) is 2. The van der Waals surface area contributed by atoms with E-state index in [1.165, 1.54) is 26.1 Å². The molecule has 0 aliphatic rings. The monoisotopic (exact) mass is 769 g/mol. The molecule has 13 nitrogen and oxygen atoms in total. The normalized spacial score (nSPS) is 14.3. The first kappa shape index (κ1) is 42.1. The number of hydrogen-bond donors (Lipinski definition) is 7. The van der Waals surface area contributed by atoms with Crippen LogP contribution in [-0.4, -0.2) is 79.0 Å². The molecule has 0 radical (unpaired) electrons. The van der Waals surface area contributed by atoms with Gasteiger partial charge in [0.05, 0.1) is 5.78 Å². The third kappa shape index (κ3) is 13.3. The zero-order valence-corrected chi connectivity index (χ0v) is 32.4. The van der Waals surface area contributed by atoms with E-state index in [0.29, 0.717) is 12.0 Å². The van der Waals surface area contributed by atoms with Crippen LogP contribution in [-0.2, 0) is 43.0 Å². The molecule has 1 unspecified atom stereocenters. The molecule has 0 saturated heterocycles. The van der Waals surface area contributed by atoms with E-state index in [0.717, 1.165) is 21.9 Å². The van der Waals surface area contributed by atoms with Crippen molar-refractivity contribution in [1.82, 2.24) is 21.3 Å². The summed E-state index contributed by atoms with van der Waals surface area (Å²) >= 11 is 0. The quantitative estimate of drug-likeness (QED) is 0.0324. The summed E-state index contributed by atoms with van der Waals surface area (Å²) in [5, 5.41) is 23.0. The van der Waals surface area contributed by atoms with Gasteiger partial charge in [-0.05, 0) is 65.5 Å². The van der Waals surface area contributed by atoms with Crippen molar-refractivity contribution >= 4 is 47.5 Å². The minimum atomic E-state index is -3.45. The Hall–Kier alpha value is -5.68. The number of carbonyl (C=O) groups is 4. The van der Waals surface area contributed by atoms with Crippen molar-refractivity contribution in [2.45, 2.75) is 56.9 Å². The summed E-state index contributed by atoms with van der Waals surface area (Å²) in [5.74, 6) is -3.61. The van der Waals surface area contributed by atoms with Crippen LogP contribution >= 0.6 is 7.14 Å². The number of amides is 4. The number of phenols is 1. The number of phenolic OH excluding ortho intramolecular Hbond substituents is 1. The number of nitrogens with one attached hydrogen (secondary N) is 4. The zero-order chi connectivity index (χ0) is 40.0. The van der Waals surface area contributed by atoms with Crippen molar-refractivity contribution in [3.8, 4) is 5.75 Å². The Morgan fingerprint density at radius 1 is 0.727 bits per heavy atom. The molecule has 0 aromatic heterocycles. The Balaban J connectivity index is 1.62. The number of aliphatic imine (C=N–C) groups is 1. The number of fused-ring (bicyclic) bond motifs is 1. The lowest BCUT2D eigenvalue weighted by Crippen LogP contribution is -2.51. The molecule has 14 heteroatoms. The Morgan fingerprint density at radius 3 is 1.98 bits per heavy atom. The minimum Gasteiger partial charge on any atom is -0.508 e. The SMILES string of the molecule is CNC(=O)[C@H](Cc1ccc2ccccc2c1)NC(=O)[C@H](CCCN=C(N)N)CP(C)(=O)[C@@H](Cc1ccccc1)NC(=O)[C@H](Cc1ccc(O)cc1)NC(C)=O. The maximum atomic E-state index is 15.0. The number of nitrogens with zero attached hydrogens (tertiary/aromatic N) is 1. The van der Waals surface area contributed by atoms with Crippen LogP contribution in [0, 0.1) is 5.92 Å². The molecule has 0 aliphatic heterocycles. The highest BCUT2D eigenvalue weighted by Gasteiger charge is 2.37. The summed E-state index contributed by atoms with van der Waals surface area (Å²) in [6.45, 7) is 3.10. The summed E-state index contributed by atoms with van der Waals surface area (Å²) in [6, 6.07) is 27.3. The van der Waals surface area contributed by atoms with Gasteiger partial charge in [-0.15, -0.1) is 0 Å². The van der Waals surface area contributed by atoms with Gasteiger partial charge in [-0.3, -0.25) is 24.2 Å². The molecule has 0 saturated carbocycles. The van der Waals surface area contributed by atoms with Gasteiger partial charge in [0.1, 0.15) is 25.0 Å². The number of aromatic hydroxyl groups is 1. The smallest absolute Gasteiger partial charge is 0.243 e. The van der Waals surface area contributed by atoms with Gasteiger partial charge in [0.2, 0.25) is 23.6 Å². The van der Waals surface area contributed by atoms with Crippen molar-refractivity contribution < 1.29 is 28.8 Å². The van der Waals surface area contributed by atoms with Crippen LogP contribution in [0.15, 0.2) is 102 Å². The van der Waals surface area contributed by atoms with E-state index in [-0.39, 0.29) is 56.0 Å². The molecule has 0 fully saturated rings. The van der Waals surface area contributed by atoms with Gasteiger partial charge in [-0.1, -0.05) is 84.9 Å². The summed E-state index contributed by atoms with van der Waals surface area (Å²) in [4.78, 5) is 57.6. The van der Waals surface area contributed by atoms with E-state index in [9.17, 15) is 28.8 Å². The second-order valence-electron chi connectivity index (χ2n) is 13.9. The first-order chi connectivity index (χ1) is 26.2. The van der Waals surface area contributed by atoms with Gasteiger partial charge in [-0.2, -0.15) is 0 Å². The van der Waals surface area contributed by atoms with Crippen LogP contribution in [0.5, 0.6) is 5.75 Å². The topological polar surface area (TPSA) is 218 Å². The number of rotatable bonds is 19. The first-order valence-electron chi connectivity index (χ1n) is 18.2. The standard InChI is InChI=1S/C41H52N7O6P/c1-27(49)46-36(23-29-16-19-34(50)20-17-29)40(53)48-37(25-28-10-5-4-6-11-28)55(3,54)26-33(14-9-21-45-41(42)43)38(51)47-35(39(52)44-2)24-30-15-18-31-12-7-8-13-32(31)22-30/h4-8,10-13,15-20,22,33,35-37,50H,9,14,21,23-26H2,1-3H3,(H,44,52)(H,46,49)(H,47,51)(H,48,53)(H4,42,43,45)/t33-,35+,36+,37+,55?/m1/s1. The molecule has 5 atom stereocenters. The van der Waals surface area contributed by atoms with E-state index in [4.69, 9.17) is 11.5 Å². The van der Waals surface area contributed by atoms with Crippen LogP contribution in [0.4, 0.5) is 0 Å². The van der Waals surface area contributed by atoms with Gasteiger partial charge >= 0.3 is 0 Å². The lowest BCUT2D eigenvalue weighted by atomic mass is 9.99. The molecule has 55 heavy (non-hydrogen) atoms. The molecular formula is C41H52N7O6P. The second-order valence-corrected chi connectivity index (χ2v) is 17.2. The Bertz CT molecular complexity index is 2000. The molecule has 0 bridgehead atoms. The Morgan fingerprint density at radius 2 is 1.33 bits per heavy atom. The first-order valence-corrected chi connectivity index (χ1v) is 20.7. The van der Waals surface area contributed by atoms with Crippen LogP contribution in [0.2, 0.25) is 0 Å². The molecule has 0 spiro atoms. The molecule has 4 amide bonds. The number of carbonyl (C=O) groups excluding carboxylic acids is 4. The molecule has 4 rings (SSSR count). The summed E-state index contributed by atoms with van der Waals surface area (Å²) in [7, 11) is -1.95. The molecule has 4 aromatic rings. The van der Waals surface area contributed by atoms with E-state index >= 15 is 0 Å². The highest BCUT2D eigenvalue weighted by molar-refractivity contribution is 7.63. The summed E-state index contributed by atoms with van der Waals surface area (Å²) in [5.41, 5.74) is 13.4. The maximum Gasteiger partial charge on any atom is 0.243 e. The molecule has 292 valence electrons. The van der Waals surface area contributed by atoms with Gasteiger partial charge in [0, 0.05) is 45.4 Å². The number of hydrogen-bond acceptors (Lipinski definition) is 7. The van der Waals surface area contributed by atoms with Crippen molar-refractivity contribution in [1.29, 1.82) is 0 Å². The van der Waals surface area contributed by atoms with Gasteiger partial charge < -0.3 is 42.4 Å². The van der Waals surface area contributed by atoms with Crippen LogP contribution < -0.4 is 32.7 Å². The van der Waals surface area contributed by atoms with E-state index < -0.39 is 48.6 Å². The van der Waals surface area contributed by atoms with Crippen molar-refractivity contribution in [2.24, 2.45) is 22.4 Å². The highest BCUT2D eigenvalue weighted by atomic mass is 31.2. The maximum absolute atomic E-state index is 15.0. The third-order valence-corrected chi connectivity index (χ3v) is 12.2. The Labute approximate surface area is 322 Å². The lowest BCUT2D eigenvalue weighted by molar-refractivity contribution is -0.130.